The van der Waals surface area contributed by atoms with E-state index in [1.807, 2.05) is 20.8 Å². The predicted octanol–water partition coefficient (Wildman–Crippen LogP) is 0.145. The molecule has 1 aliphatic heterocycles. The lowest BCUT2D eigenvalue weighted by Gasteiger charge is -2.37. The number of morpholine rings is 1. The number of hydrogen-bond donors (Lipinski definition) is 2. The van der Waals surface area contributed by atoms with E-state index in [-0.39, 0.29) is 35.7 Å². The van der Waals surface area contributed by atoms with Crippen molar-refractivity contribution in [2.45, 2.75) is 39.8 Å². The van der Waals surface area contributed by atoms with Gasteiger partial charge in [0.1, 0.15) is 0 Å². The van der Waals surface area contributed by atoms with Crippen LogP contribution in [0.25, 0.3) is 0 Å². The first kappa shape index (κ1) is 19.1. The van der Waals surface area contributed by atoms with Crippen molar-refractivity contribution in [3.8, 4) is 0 Å². The highest BCUT2D eigenvalue weighted by Crippen LogP contribution is 2.20. The summed E-state index contributed by atoms with van der Waals surface area (Å²) in [4.78, 5) is 24.9. The molecule has 3 N–H and O–H groups in total. The summed E-state index contributed by atoms with van der Waals surface area (Å²) in [5.41, 5.74) is 5.73. The Balaban J connectivity index is 0.00000361. The van der Waals surface area contributed by atoms with E-state index in [1.54, 1.807) is 4.90 Å². The van der Waals surface area contributed by atoms with Crippen LogP contribution in [0.15, 0.2) is 0 Å². The number of nitrogens with one attached hydrogen (secondary N) is 1. The average molecular weight is 308 g/mol. The van der Waals surface area contributed by atoms with Gasteiger partial charge in [-0.15, -0.1) is 12.4 Å². The molecule has 0 spiro atoms. The van der Waals surface area contributed by atoms with Crippen molar-refractivity contribution >= 4 is 24.2 Å². The van der Waals surface area contributed by atoms with Crippen LogP contribution in [0, 0.1) is 5.41 Å². The molecule has 0 saturated carbocycles. The fraction of sp³-hybridized carbons (Fsp3) is 0.846. The van der Waals surface area contributed by atoms with Crippen LogP contribution in [0.1, 0.15) is 27.7 Å². The predicted molar refractivity (Wildman–Crippen MR) is 79.7 cm³/mol. The van der Waals surface area contributed by atoms with Gasteiger partial charge in [0.2, 0.25) is 11.8 Å². The summed E-state index contributed by atoms with van der Waals surface area (Å²) in [5, 5.41) is 2.70. The topological polar surface area (TPSA) is 84.7 Å². The van der Waals surface area contributed by atoms with Crippen LogP contribution >= 0.6 is 12.4 Å². The lowest BCUT2D eigenvalue weighted by Crippen LogP contribution is -2.56. The number of hydrogen-bond acceptors (Lipinski definition) is 4. The standard InChI is InChI=1S/C13H25N3O3.ClH/c1-9(17)15-7-10-8-16(5-6-19-10)12(18)11(14)13(2,3)4;/h10-11H,5-8,14H2,1-4H3,(H,15,17);1H/t10?,11-;/m1./s1. The molecule has 1 fully saturated rings. The number of rotatable bonds is 3. The zero-order valence-corrected chi connectivity index (χ0v) is 13.5. The lowest BCUT2D eigenvalue weighted by molar-refractivity contribution is -0.142. The van der Waals surface area contributed by atoms with Crippen molar-refractivity contribution in [1.82, 2.24) is 10.2 Å². The maximum Gasteiger partial charge on any atom is 0.240 e. The molecule has 0 aromatic carbocycles. The molecular weight excluding hydrogens is 282 g/mol. The van der Waals surface area contributed by atoms with Crippen molar-refractivity contribution < 1.29 is 14.3 Å². The molecule has 0 aromatic heterocycles. The molecule has 0 aliphatic carbocycles. The van der Waals surface area contributed by atoms with Crippen LogP contribution in [-0.4, -0.2) is 55.1 Å². The normalized spacial score (nSPS) is 20.9. The Morgan fingerprint density at radius 3 is 2.55 bits per heavy atom. The van der Waals surface area contributed by atoms with E-state index in [9.17, 15) is 9.59 Å². The molecular formula is C13H26ClN3O3. The van der Waals surface area contributed by atoms with Gasteiger partial charge in [-0.05, 0) is 5.41 Å². The minimum Gasteiger partial charge on any atom is -0.373 e. The van der Waals surface area contributed by atoms with Crippen molar-refractivity contribution in [2.24, 2.45) is 11.1 Å². The smallest absolute Gasteiger partial charge is 0.240 e. The highest BCUT2D eigenvalue weighted by molar-refractivity contribution is 5.85. The van der Waals surface area contributed by atoms with E-state index in [4.69, 9.17) is 10.5 Å². The fourth-order valence-corrected chi connectivity index (χ4v) is 1.87. The summed E-state index contributed by atoms with van der Waals surface area (Å²) in [6.07, 6.45) is -0.159. The van der Waals surface area contributed by atoms with Crippen molar-refractivity contribution in [3.63, 3.8) is 0 Å². The van der Waals surface area contributed by atoms with Crippen LogP contribution in [0.2, 0.25) is 0 Å². The zero-order chi connectivity index (χ0) is 14.6. The molecule has 1 aliphatic rings. The van der Waals surface area contributed by atoms with Gasteiger partial charge in [0.15, 0.2) is 0 Å². The molecule has 6 nitrogen and oxygen atoms in total. The first-order valence-electron chi connectivity index (χ1n) is 6.62. The second-order valence-electron chi connectivity index (χ2n) is 6.06. The third-order valence-corrected chi connectivity index (χ3v) is 3.23. The molecule has 7 heteroatoms. The van der Waals surface area contributed by atoms with Gasteiger partial charge in [0.25, 0.3) is 0 Å². The molecule has 0 radical (unpaired) electrons. The number of carbonyl (C=O) groups is 2. The SMILES string of the molecule is CC(=O)NCC1CN(C(=O)[C@@H](N)C(C)(C)C)CCO1.Cl. The third kappa shape index (κ3) is 5.64. The lowest BCUT2D eigenvalue weighted by atomic mass is 9.86. The Morgan fingerprint density at radius 2 is 2.05 bits per heavy atom. The molecule has 0 bridgehead atoms. The summed E-state index contributed by atoms with van der Waals surface area (Å²) < 4.78 is 5.52. The molecule has 1 unspecified atom stereocenters. The minimum absolute atomic E-state index is 0. The average Bonchev–Trinajstić information content (AvgIpc) is 2.33. The molecule has 2 atom stereocenters. The van der Waals surface area contributed by atoms with E-state index in [2.05, 4.69) is 5.32 Å². The summed E-state index contributed by atoms with van der Waals surface area (Å²) in [5.74, 6) is -0.151. The van der Waals surface area contributed by atoms with Gasteiger partial charge < -0.3 is 20.7 Å². The summed E-state index contributed by atoms with van der Waals surface area (Å²) >= 11 is 0. The Labute approximate surface area is 126 Å². The monoisotopic (exact) mass is 307 g/mol. The Kier molecular flexibility index (Phi) is 7.47. The van der Waals surface area contributed by atoms with Crippen LogP contribution in [-0.2, 0) is 14.3 Å². The van der Waals surface area contributed by atoms with E-state index >= 15 is 0 Å². The molecule has 20 heavy (non-hydrogen) atoms. The van der Waals surface area contributed by atoms with E-state index in [1.165, 1.54) is 6.92 Å². The van der Waals surface area contributed by atoms with Gasteiger partial charge in [-0.3, -0.25) is 9.59 Å². The largest absolute Gasteiger partial charge is 0.373 e. The summed E-state index contributed by atoms with van der Waals surface area (Å²) in [7, 11) is 0. The molecule has 1 rings (SSSR count). The number of carbonyl (C=O) groups excluding carboxylic acids is 2. The van der Waals surface area contributed by atoms with Crippen LogP contribution in [0.5, 0.6) is 0 Å². The van der Waals surface area contributed by atoms with E-state index < -0.39 is 6.04 Å². The molecule has 2 amide bonds. The van der Waals surface area contributed by atoms with Gasteiger partial charge in [0.05, 0.1) is 18.8 Å². The van der Waals surface area contributed by atoms with Crippen molar-refractivity contribution in [1.29, 1.82) is 0 Å². The van der Waals surface area contributed by atoms with Crippen LogP contribution < -0.4 is 11.1 Å². The fourth-order valence-electron chi connectivity index (χ4n) is 1.87. The maximum absolute atomic E-state index is 12.3. The first-order chi connectivity index (χ1) is 8.71. The number of nitrogens with two attached hydrogens (primary N) is 1. The molecule has 1 heterocycles. The maximum atomic E-state index is 12.3. The van der Waals surface area contributed by atoms with Gasteiger partial charge in [0, 0.05) is 26.6 Å². The number of halogens is 1. The zero-order valence-electron chi connectivity index (χ0n) is 12.6. The Bertz CT molecular complexity index is 344. The second kappa shape index (κ2) is 7.81. The van der Waals surface area contributed by atoms with Crippen LogP contribution in [0.4, 0.5) is 0 Å². The highest BCUT2D eigenvalue weighted by atomic mass is 35.5. The van der Waals surface area contributed by atoms with Gasteiger partial charge >= 0.3 is 0 Å². The van der Waals surface area contributed by atoms with Crippen molar-refractivity contribution in [3.05, 3.63) is 0 Å². The van der Waals surface area contributed by atoms with Gasteiger partial charge in [-0.25, -0.2) is 0 Å². The number of amides is 2. The highest BCUT2D eigenvalue weighted by Gasteiger charge is 2.33. The molecule has 0 aromatic rings. The second-order valence-corrected chi connectivity index (χ2v) is 6.06. The summed E-state index contributed by atoms with van der Waals surface area (Å²) in [6.45, 7) is 9.24. The minimum atomic E-state index is -0.521. The summed E-state index contributed by atoms with van der Waals surface area (Å²) in [6, 6.07) is -0.521. The van der Waals surface area contributed by atoms with Gasteiger partial charge in [-0.2, -0.15) is 0 Å². The Hall–Kier alpha value is -0.850. The number of ether oxygens (including phenoxy) is 1. The third-order valence-electron chi connectivity index (χ3n) is 3.23. The number of nitrogens with zero attached hydrogens (tertiary/aromatic N) is 1. The molecule has 118 valence electrons. The quantitative estimate of drug-likeness (QED) is 0.777. The molecule has 1 saturated heterocycles. The van der Waals surface area contributed by atoms with E-state index in [0.717, 1.165) is 0 Å². The van der Waals surface area contributed by atoms with Crippen LogP contribution in [0.3, 0.4) is 0 Å². The van der Waals surface area contributed by atoms with Gasteiger partial charge in [-0.1, -0.05) is 20.8 Å². The van der Waals surface area contributed by atoms with Crippen molar-refractivity contribution in [2.75, 3.05) is 26.2 Å². The first-order valence-corrected chi connectivity index (χ1v) is 6.62. The van der Waals surface area contributed by atoms with E-state index in [0.29, 0.717) is 26.2 Å². The Morgan fingerprint density at radius 1 is 1.45 bits per heavy atom.